The molecule has 1 rings (SSSR count). The molecule has 0 unspecified atom stereocenters. The summed E-state index contributed by atoms with van der Waals surface area (Å²) in [6.07, 6.45) is 1.12. The lowest BCUT2D eigenvalue weighted by atomic mass is 10.3. The fourth-order valence-corrected chi connectivity index (χ4v) is 2.04. The Kier molecular flexibility index (Phi) is 6.94. The molecule has 0 saturated carbocycles. The number of hydrogen-bond acceptors (Lipinski definition) is 3. The van der Waals surface area contributed by atoms with Gasteiger partial charge in [-0.1, -0.05) is 30.1 Å². The zero-order chi connectivity index (χ0) is 13.5. The Balaban J connectivity index is 2.66. The maximum Gasteiger partial charge on any atom is 0.129 e. The first-order valence-corrected chi connectivity index (χ1v) is 6.96. The third-order valence-electron chi connectivity index (χ3n) is 2.66. The molecule has 0 radical (unpaired) electrons. The van der Waals surface area contributed by atoms with E-state index in [1.54, 1.807) is 6.07 Å². The highest BCUT2D eigenvalue weighted by atomic mass is 35.5. The van der Waals surface area contributed by atoms with Crippen LogP contribution in [-0.4, -0.2) is 48.5 Å². The second-order valence-corrected chi connectivity index (χ2v) is 5.44. The Morgan fingerprint density at radius 2 is 1.83 bits per heavy atom. The van der Waals surface area contributed by atoms with Gasteiger partial charge in [0.05, 0.1) is 10.7 Å². The minimum absolute atomic E-state index is 0.499. The lowest BCUT2D eigenvalue weighted by Crippen LogP contribution is -2.32. The van der Waals surface area contributed by atoms with E-state index in [0.29, 0.717) is 10.2 Å². The number of aromatic nitrogens is 1. The molecule has 18 heavy (non-hydrogen) atoms. The molecule has 0 aromatic carbocycles. The molecule has 0 aliphatic carbocycles. The van der Waals surface area contributed by atoms with Gasteiger partial charge in [0.1, 0.15) is 5.15 Å². The van der Waals surface area contributed by atoms with Crippen LogP contribution in [0.3, 0.4) is 0 Å². The fourth-order valence-electron chi connectivity index (χ4n) is 1.71. The topological polar surface area (TPSA) is 19.4 Å². The fraction of sp³-hybridized carbons (Fsp3) is 0.615. The molecular formula is C13H21Cl2N3. The van der Waals surface area contributed by atoms with E-state index in [2.05, 4.69) is 35.8 Å². The monoisotopic (exact) mass is 289 g/mol. The maximum atomic E-state index is 6.14. The average molecular weight is 290 g/mol. The van der Waals surface area contributed by atoms with Crippen LogP contribution in [0.15, 0.2) is 12.1 Å². The number of rotatable bonds is 7. The third-order valence-corrected chi connectivity index (χ3v) is 3.22. The van der Waals surface area contributed by atoms with Gasteiger partial charge in [-0.2, -0.15) is 0 Å². The smallest absolute Gasteiger partial charge is 0.129 e. The van der Waals surface area contributed by atoms with Gasteiger partial charge in [-0.05, 0) is 39.2 Å². The van der Waals surface area contributed by atoms with Gasteiger partial charge < -0.3 is 4.90 Å². The summed E-state index contributed by atoms with van der Waals surface area (Å²) in [6.45, 7) is 6.00. The van der Waals surface area contributed by atoms with Crippen LogP contribution in [0.4, 0.5) is 0 Å². The van der Waals surface area contributed by atoms with Crippen molar-refractivity contribution in [1.29, 1.82) is 0 Å². The van der Waals surface area contributed by atoms with Gasteiger partial charge in [0.15, 0.2) is 0 Å². The second kappa shape index (κ2) is 7.95. The third kappa shape index (κ3) is 5.53. The van der Waals surface area contributed by atoms with Gasteiger partial charge in [-0.3, -0.25) is 4.90 Å². The SMILES string of the molecule is CCCN(CCN(C)C)Cc1nc(Cl)ccc1Cl. The average Bonchev–Trinajstić information content (AvgIpc) is 2.31. The van der Waals surface area contributed by atoms with Gasteiger partial charge in [-0.15, -0.1) is 0 Å². The molecule has 0 bridgehead atoms. The molecule has 0 amide bonds. The molecule has 0 N–H and O–H groups in total. The number of hydrogen-bond donors (Lipinski definition) is 0. The van der Waals surface area contributed by atoms with E-state index in [1.807, 2.05) is 6.07 Å². The molecule has 0 aliphatic rings. The first-order chi connectivity index (χ1) is 8.52. The van der Waals surface area contributed by atoms with E-state index < -0.39 is 0 Å². The van der Waals surface area contributed by atoms with Crippen molar-refractivity contribution in [2.75, 3.05) is 33.7 Å². The largest absolute Gasteiger partial charge is 0.308 e. The Hall–Kier alpha value is -0.350. The molecule has 1 aromatic rings. The summed E-state index contributed by atoms with van der Waals surface area (Å²) in [5.41, 5.74) is 0.858. The molecular weight excluding hydrogens is 269 g/mol. The van der Waals surface area contributed by atoms with Gasteiger partial charge >= 0.3 is 0 Å². The van der Waals surface area contributed by atoms with Gasteiger partial charge in [-0.25, -0.2) is 4.98 Å². The van der Waals surface area contributed by atoms with E-state index in [9.17, 15) is 0 Å². The number of nitrogens with zero attached hydrogens (tertiary/aromatic N) is 3. The van der Waals surface area contributed by atoms with Crippen molar-refractivity contribution in [1.82, 2.24) is 14.8 Å². The van der Waals surface area contributed by atoms with Crippen molar-refractivity contribution >= 4 is 23.2 Å². The van der Waals surface area contributed by atoms with Gasteiger partial charge in [0.25, 0.3) is 0 Å². The summed E-state index contributed by atoms with van der Waals surface area (Å²) in [5, 5.41) is 1.18. The Morgan fingerprint density at radius 1 is 1.11 bits per heavy atom. The molecule has 1 aromatic heterocycles. The highest BCUT2D eigenvalue weighted by Crippen LogP contribution is 2.18. The van der Waals surface area contributed by atoms with Gasteiger partial charge in [0, 0.05) is 19.6 Å². The Bertz CT molecular complexity index is 369. The number of pyridine rings is 1. The van der Waals surface area contributed by atoms with E-state index in [1.165, 1.54) is 0 Å². The van der Waals surface area contributed by atoms with Crippen molar-refractivity contribution in [2.45, 2.75) is 19.9 Å². The van der Waals surface area contributed by atoms with Gasteiger partial charge in [0.2, 0.25) is 0 Å². The van der Waals surface area contributed by atoms with Crippen molar-refractivity contribution in [3.63, 3.8) is 0 Å². The van der Waals surface area contributed by atoms with E-state index in [0.717, 1.165) is 38.3 Å². The molecule has 1 heterocycles. The lowest BCUT2D eigenvalue weighted by molar-refractivity contribution is 0.232. The van der Waals surface area contributed by atoms with Crippen LogP contribution in [0.1, 0.15) is 19.0 Å². The summed E-state index contributed by atoms with van der Waals surface area (Å²) in [6, 6.07) is 3.53. The maximum absolute atomic E-state index is 6.14. The van der Waals surface area contributed by atoms with Crippen LogP contribution in [0.5, 0.6) is 0 Å². The standard InChI is InChI=1S/C13H21Cl2N3/c1-4-7-18(9-8-17(2)3)10-12-11(14)5-6-13(15)16-12/h5-6H,4,7-10H2,1-3H3. The Labute approximate surface area is 120 Å². The number of halogens is 2. The van der Waals surface area contributed by atoms with Crippen LogP contribution in [0, 0.1) is 0 Å². The minimum atomic E-state index is 0.499. The molecule has 0 atom stereocenters. The highest BCUT2D eigenvalue weighted by Gasteiger charge is 2.10. The first kappa shape index (κ1) is 15.7. The number of likely N-dealkylation sites (N-methyl/N-ethyl adjacent to an activating group) is 1. The lowest BCUT2D eigenvalue weighted by Gasteiger charge is -2.23. The van der Waals surface area contributed by atoms with Crippen molar-refractivity contribution in [3.8, 4) is 0 Å². The predicted octanol–water partition coefficient (Wildman–Crippen LogP) is 3.16. The highest BCUT2D eigenvalue weighted by molar-refractivity contribution is 6.32. The molecule has 102 valence electrons. The van der Waals surface area contributed by atoms with E-state index in [4.69, 9.17) is 23.2 Å². The first-order valence-electron chi connectivity index (χ1n) is 6.21. The van der Waals surface area contributed by atoms with E-state index in [-0.39, 0.29) is 0 Å². The summed E-state index contributed by atoms with van der Waals surface area (Å²) in [5.74, 6) is 0. The second-order valence-electron chi connectivity index (χ2n) is 4.64. The summed E-state index contributed by atoms with van der Waals surface area (Å²) >= 11 is 12.1. The predicted molar refractivity (Wildman–Crippen MR) is 78.4 cm³/mol. The summed E-state index contributed by atoms with van der Waals surface area (Å²) < 4.78 is 0. The molecule has 0 fully saturated rings. The minimum Gasteiger partial charge on any atom is -0.308 e. The Morgan fingerprint density at radius 3 is 2.44 bits per heavy atom. The van der Waals surface area contributed by atoms with Crippen LogP contribution in [0.2, 0.25) is 10.2 Å². The van der Waals surface area contributed by atoms with Crippen LogP contribution >= 0.6 is 23.2 Å². The van der Waals surface area contributed by atoms with Crippen LogP contribution in [-0.2, 0) is 6.54 Å². The van der Waals surface area contributed by atoms with Crippen molar-refractivity contribution < 1.29 is 0 Å². The zero-order valence-corrected chi connectivity index (χ0v) is 12.8. The quantitative estimate of drug-likeness (QED) is 0.719. The van der Waals surface area contributed by atoms with Crippen molar-refractivity contribution in [2.24, 2.45) is 0 Å². The normalized spacial score (nSPS) is 11.5. The van der Waals surface area contributed by atoms with Crippen molar-refractivity contribution in [3.05, 3.63) is 28.0 Å². The molecule has 3 nitrogen and oxygen atoms in total. The van der Waals surface area contributed by atoms with E-state index >= 15 is 0 Å². The zero-order valence-electron chi connectivity index (χ0n) is 11.3. The summed E-state index contributed by atoms with van der Waals surface area (Å²) in [4.78, 5) is 8.83. The molecule has 0 aliphatic heterocycles. The van der Waals surface area contributed by atoms with Crippen LogP contribution < -0.4 is 0 Å². The van der Waals surface area contributed by atoms with Crippen LogP contribution in [0.25, 0.3) is 0 Å². The summed E-state index contributed by atoms with van der Waals surface area (Å²) in [7, 11) is 4.16. The molecule has 0 spiro atoms. The molecule has 0 saturated heterocycles. The molecule has 5 heteroatoms.